The first-order chi connectivity index (χ1) is 14.7. The summed E-state index contributed by atoms with van der Waals surface area (Å²) in [4.78, 5) is 24.3. The van der Waals surface area contributed by atoms with Gasteiger partial charge < -0.3 is 14.8 Å². The van der Waals surface area contributed by atoms with Crippen molar-refractivity contribution in [2.45, 2.75) is 88.5 Å². The lowest BCUT2D eigenvalue weighted by atomic mass is 9.86. The molecule has 1 amide bonds. The summed E-state index contributed by atoms with van der Waals surface area (Å²) in [6.45, 7) is 6.47. The molecule has 0 bridgehead atoms. The van der Waals surface area contributed by atoms with Crippen molar-refractivity contribution >= 4 is 43.6 Å². The van der Waals surface area contributed by atoms with Gasteiger partial charge in [-0.05, 0) is 41.3 Å². The number of ketones is 1. The molecule has 1 heterocycles. The van der Waals surface area contributed by atoms with Crippen LogP contribution in [0.4, 0.5) is 0 Å². The molecule has 0 radical (unpaired) electrons. The van der Waals surface area contributed by atoms with Crippen molar-refractivity contribution in [1.82, 2.24) is 5.32 Å². The number of alkyl halides is 1. The van der Waals surface area contributed by atoms with Gasteiger partial charge in [0.15, 0.2) is 12.1 Å². The van der Waals surface area contributed by atoms with Crippen LogP contribution in [0.3, 0.4) is 0 Å². The molecule has 2 aliphatic rings. The second-order valence-electron chi connectivity index (χ2n) is 8.70. The fraction of sp³-hybridized carbons (Fsp3) is 0.667. The van der Waals surface area contributed by atoms with E-state index in [-0.39, 0.29) is 22.6 Å². The number of amides is 1. The third-order valence-corrected chi connectivity index (χ3v) is 7.16. The molecule has 1 spiro atoms. The van der Waals surface area contributed by atoms with E-state index in [1.165, 1.54) is 32.1 Å². The van der Waals surface area contributed by atoms with E-state index in [9.17, 15) is 9.59 Å². The molecule has 1 aliphatic carbocycles. The molecule has 0 aromatic heterocycles. The van der Waals surface area contributed by atoms with Crippen molar-refractivity contribution in [3.63, 3.8) is 0 Å². The highest BCUT2D eigenvalue weighted by molar-refractivity contribution is 9.12. The number of allylic oxidation sites excluding steroid dienone is 4. The molecule has 0 unspecified atom stereocenters. The molecule has 1 aliphatic heterocycles. The normalized spacial score (nSPS) is 30.1. The molecule has 0 aromatic carbocycles. The third-order valence-electron chi connectivity index (χ3n) is 5.80. The van der Waals surface area contributed by atoms with E-state index < -0.39 is 11.9 Å². The summed E-state index contributed by atoms with van der Waals surface area (Å²) in [6.07, 6.45) is 14.2. The van der Waals surface area contributed by atoms with Crippen LogP contribution < -0.4 is 5.32 Å². The Kier molecular flexibility index (Phi) is 10.7. The predicted octanol–water partition coefficient (Wildman–Crippen LogP) is 5.73. The van der Waals surface area contributed by atoms with E-state index in [0.29, 0.717) is 23.2 Å². The molecule has 1 N–H and O–H groups in total. The van der Waals surface area contributed by atoms with Gasteiger partial charge in [-0.15, -0.1) is 0 Å². The van der Waals surface area contributed by atoms with Crippen molar-refractivity contribution in [3.05, 3.63) is 34.4 Å². The van der Waals surface area contributed by atoms with Crippen LogP contribution in [0.1, 0.15) is 65.7 Å². The van der Waals surface area contributed by atoms with Crippen LogP contribution in [0.2, 0.25) is 0 Å². The van der Waals surface area contributed by atoms with Crippen LogP contribution >= 0.6 is 31.9 Å². The number of methoxy groups -OCH3 is 1. The number of carbonyl (C=O) groups excluding carboxylic acids is 2. The van der Waals surface area contributed by atoms with Crippen LogP contribution in [0, 0.1) is 5.92 Å². The minimum Gasteiger partial charge on any atom is -0.354 e. The minimum absolute atomic E-state index is 0.000431. The largest absolute Gasteiger partial charge is 0.354 e. The average Bonchev–Trinajstić information content (AvgIpc) is 3.04. The van der Waals surface area contributed by atoms with Crippen LogP contribution in [-0.4, -0.2) is 41.6 Å². The summed E-state index contributed by atoms with van der Waals surface area (Å²) in [6, 6.07) is -0.298. The van der Waals surface area contributed by atoms with Crippen molar-refractivity contribution in [3.8, 4) is 0 Å². The lowest BCUT2D eigenvalue weighted by molar-refractivity contribution is -0.151. The molecule has 2 rings (SSSR count). The number of carbonyl (C=O) groups is 2. The number of hydrogen-bond acceptors (Lipinski definition) is 4. The van der Waals surface area contributed by atoms with E-state index in [4.69, 9.17) is 9.47 Å². The van der Waals surface area contributed by atoms with E-state index in [0.717, 1.165) is 5.57 Å². The molecule has 31 heavy (non-hydrogen) atoms. The molecular weight excluding hydrogens is 526 g/mol. The number of unbranched alkanes of at least 4 members (excludes halogenated alkanes) is 3. The van der Waals surface area contributed by atoms with E-state index >= 15 is 0 Å². The minimum atomic E-state index is -0.647. The van der Waals surface area contributed by atoms with Gasteiger partial charge in [-0.1, -0.05) is 73.2 Å². The Balaban J connectivity index is 1.92. The van der Waals surface area contributed by atoms with Gasteiger partial charge in [0, 0.05) is 26.0 Å². The summed E-state index contributed by atoms with van der Waals surface area (Å²) < 4.78 is 12.1. The molecule has 5 atom stereocenters. The molecule has 7 heteroatoms. The Morgan fingerprint density at radius 2 is 2.10 bits per heavy atom. The molecular formula is C24H35Br2NO4. The second-order valence-corrected chi connectivity index (χ2v) is 10.7. The molecule has 0 aromatic rings. The van der Waals surface area contributed by atoms with Gasteiger partial charge in [0.25, 0.3) is 0 Å². The van der Waals surface area contributed by atoms with Gasteiger partial charge in [0.05, 0.1) is 21.0 Å². The number of Topliss-reactive ketones (excluding diaryl/α,β-unsaturated/α-hetero) is 1. The highest BCUT2D eigenvalue weighted by Gasteiger charge is 2.50. The van der Waals surface area contributed by atoms with Gasteiger partial charge >= 0.3 is 0 Å². The maximum atomic E-state index is 12.5. The smallest absolute Gasteiger partial charge is 0.244 e. The number of hydrogen-bond donors (Lipinski definition) is 1. The lowest BCUT2D eigenvalue weighted by Gasteiger charge is -2.31. The number of halogens is 2. The first-order valence-corrected chi connectivity index (χ1v) is 12.8. The topological polar surface area (TPSA) is 64.6 Å². The third kappa shape index (κ3) is 7.95. The molecule has 1 fully saturated rings. The van der Waals surface area contributed by atoms with E-state index in [2.05, 4.69) is 57.1 Å². The highest BCUT2D eigenvalue weighted by Crippen LogP contribution is 2.42. The quantitative estimate of drug-likeness (QED) is 0.160. The van der Waals surface area contributed by atoms with Crippen LogP contribution in [0.25, 0.3) is 0 Å². The first-order valence-electron chi connectivity index (χ1n) is 11.1. The lowest BCUT2D eigenvalue weighted by Crippen LogP contribution is -2.40. The average molecular weight is 561 g/mol. The summed E-state index contributed by atoms with van der Waals surface area (Å²) in [5, 5.41) is 3.00. The summed E-state index contributed by atoms with van der Waals surface area (Å²) >= 11 is 6.76. The number of rotatable bonds is 10. The Hall–Kier alpha value is -0.760. The van der Waals surface area contributed by atoms with Crippen molar-refractivity contribution in [1.29, 1.82) is 0 Å². The monoisotopic (exact) mass is 559 g/mol. The number of nitrogens with one attached hydrogen (secondary N) is 1. The predicted molar refractivity (Wildman–Crippen MR) is 131 cm³/mol. The fourth-order valence-corrected chi connectivity index (χ4v) is 6.01. The Labute approximate surface area is 203 Å². The summed E-state index contributed by atoms with van der Waals surface area (Å²) in [7, 11) is 1.56. The van der Waals surface area contributed by atoms with Crippen LogP contribution in [-0.2, 0) is 19.1 Å². The van der Waals surface area contributed by atoms with Gasteiger partial charge in [0.1, 0.15) is 0 Å². The zero-order valence-corrected chi connectivity index (χ0v) is 22.1. The SMILES string of the molecule is CCCCCC[C@@H](C)/C=C(C)/C=C/C(=O)N[C@H]1C[C@]2(C=C(Br)C(=O)[C@H](Br)C2)O[C@H]1OC. The highest BCUT2D eigenvalue weighted by atomic mass is 79.9. The van der Waals surface area contributed by atoms with E-state index in [1.54, 1.807) is 19.3 Å². The molecule has 5 nitrogen and oxygen atoms in total. The standard InChI is InChI=1S/C24H35Br2NO4/c1-5-6-7-8-9-16(2)12-17(3)10-11-21(28)27-20-15-24(31-23(20)30-4)13-18(25)22(29)19(26)14-24/h10-13,16,19-20,23H,5-9,14-15H2,1-4H3,(H,27,28)/b11-10+,17-12+/t16-,19-,20+,23-,24-/m1/s1. The van der Waals surface area contributed by atoms with Crippen LogP contribution in [0.5, 0.6) is 0 Å². The van der Waals surface area contributed by atoms with Crippen molar-refractivity contribution in [2.24, 2.45) is 5.92 Å². The van der Waals surface area contributed by atoms with Gasteiger partial charge in [0.2, 0.25) is 5.91 Å². The zero-order valence-electron chi connectivity index (χ0n) is 19.0. The molecule has 0 saturated carbocycles. The van der Waals surface area contributed by atoms with Crippen molar-refractivity contribution in [2.75, 3.05) is 7.11 Å². The fourth-order valence-electron chi connectivity index (χ4n) is 4.21. The van der Waals surface area contributed by atoms with Gasteiger partial charge in [-0.2, -0.15) is 0 Å². The molecule has 174 valence electrons. The maximum Gasteiger partial charge on any atom is 0.244 e. The number of ether oxygens (including phenoxy) is 2. The zero-order chi connectivity index (χ0) is 23.0. The summed E-state index contributed by atoms with van der Waals surface area (Å²) in [5.41, 5.74) is 0.437. The first kappa shape index (κ1) is 26.5. The maximum absolute atomic E-state index is 12.5. The molecule has 1 saturated heterocycles. The van der Waals surface area contributed by atoms with Crippen LogP contribution in [0.15, 0.2) is 34.4 Å². The Morgan fingerprint density at radius 3 is 2.74 bits per heavy atom. The Morgan fingerprint density at radius 1 is 1.35 bits per heavy atom. The second kappa shape index (κ2) is 12.5. The van der Waals surface area contributed by atoms with E-state index in [1.807, 2.05) is 13.0 Å². The van der Waals surface area contributed by atoms with Gasteiger partial charge in [-0.3, -0.25) is 9.59 Å². The Bertz CT molecular complexity index is 733. The van der Waals surface area contributed by atoms with Gasteiger partial charge in [-0.25, -0.2) is 0 Å². The van der Waals surface area contributed by atoms with Crippen molar-refractivity contribution < 1.29 is 19.1 Å². The summed E-state index contributed by atoms with van der Waals surface area (Å²) in [5.74, 6) is 0.323.